The van der Waals surface area contributed by atoms with Crippen LogP contribution >= 0.6 is 0 Å². The van der Waals surface area contributed by atoms with Gasteiger partial charge < -0.3 is 19.5 Å². The predicted molar refractivity (Wildman–Crippen MR) is 103 cm³/mol. The van der Waals surface area contributed by atoms with Crippen molar-refractivity contribution in [3.8, 4) is 11.3 Å². The minimum Gasteiger partial charge on any atom is -0.450 e. The fraction of sp³-hybridized carbons (Fsp3) is 0.476. The Morgan fingerprint density at radius 1 is 1.25 bits per heavy atom. The van der Waals surface area contributed by atoms with Gasteiger partial charge in [-0.15, -0.1) is 0 Å². The Hall–Kier alpha value is -2.83. The van der Waals surface area contributed by atoms with Crippen LogP contribution < -0.4 is 5.32 Å². The van der Waals surface area contributed by atoms with Crippen LogP contribution in [0.25, 0.3) is 11.3 Å². The third kappa shape index (κ3) is 3.61. The Morgan fingerprint density at radius 2 is 1.96 bits per heavy atom. The van der Waals surface area contributed by atoms with Gasteiger partial charge in [-0.2, -0.15) is 0 Å². The molecule has 2 aromatic rings. The van der Waals surface area contributed by atoms with E-state index in [-0.39, 0.29) is 18.0 Å². The van der Waals surface area contributed by atoms with Gasteiger partial charge in [-0.05, 0) is 32.6 Å². The fourth-order valence-electron chi connectivity index (χ4n) is 3.71. The van der Waals surface area contributed by atoms with Crippen LogP contribution in [-0.2, 0) is 14.9 Å². The summed E-state index contributed by atoms with van der Waals surface area (Å²) in [7, 11) is 0. The zero-order chi connectivity index (χ0) is 19.6. The van der Waals surface area contributed by atoms with E-state index >= 15 is 0 Å². The second-order valence-corrected chi connectivity index (χ2v) is 7.46. The Bertz CT molecular complexity index is 836. The van der Waals surface area contributed by atoms with E-state index in [1.807, 2.05) is 36.4 Å². The van der Waals surface area contributed by atoms with Gasteiger partial charge in [0.05, 0.1) is 17.7 Å². The highest BCUT2D eigenvalue weighted by atomic mass is 16.6. The Morgan fingerprint density at radius 3 is 2.61 bits per heavy atom. The quantitative estimate of drug-likeness (QED) is 0.858. The number of carbonyl (C=O) groups is 2. The van der Waals surface area contributed by atoms with E-state index in [0.29, 0.717) is 31.2 Å². The van der Waals surface area contributed by atoms with Crippen LogP contribution in [0.3, 0.4) is 0 Å². The third-order valence-corrected chi connectivity index (χ3v) is 5.60. The summed E-state index contributed by atoms with van der Waals surface area (Å²) in [6.45, 7) is 3.37. The molecule has 1 aromatic heterocycles. The molecular formula is C21H25N3O4. The van der Waals surface area contributed by atoms with Crippen molar-refractivity contribution in [2.24, 2.45) is 0 Å². The number of amides is 2. The lowest BCUT2D eigenvalue weighted by atomic mass is 9.98. The highest BCUT2D eigenvalue weighted by molar-refractivity contribution is 5.91. The van der Waals surface area contributed by atoms with Gasteiger partial charge in [0.1, 0.15) is 0 Å². The number of nitrogens with one attached hydrogen (secondary N) is 1. The average Bonchev–Trinajstić information content (AvgIpc) is 3.39. The summed E-state index contributed by atoms with van der Waals surface area (Å²) in [6, 6.07) is 11.7. The highest BCUT2D eigenvalue weighted by Crippen LogP contribution is 2.48. The van der Waals surface area contributed by atoms with Gasteiger partial charge in [-0.25, -0.2) is 4.79 Å². The Labute approximate surface area is 164 Å². The minimum absolute atomic E-state index is 0.00926. The zero-order valence-corrected chi connectivity index (χ0v) is 16.0. The summed E-state index contributed by atoms with van der Waals surface area (Å²) >= 11 is 0. The summed E-state index contributed by atoms with van der Waals surface area (Å²) in [4.78, 5) is 26.5. The molecule has 1 saturated carbocycles. The van der Waals surface area contributed by atoms with E-state index < -0.39 is 5.41 Å². The maximum absolute atomic E-state index is 13.0. The van der Waals surface area contributed by atoms with Crippen LogP contribution in [-0.4, -0.2) is 47.8 Å². The molecule has 4 rings (SSSR count). The first-order valence-electron chi connectivity index (χ1n) is 9.87. The number of hydrogen-bond acceptors (Lipinski definition) is 5. The number of nitrogens with zero attached hydrogens (tertiary/aromatic N) is 2. The molecule has 148 valence electrons. The Balaban J connectivity index is 1.37. The van der Waals surface area contributed by atoms with Gasteiger partial charge in [0.25, 0.3) is 0 Å². The van der Waals surface area contributed by atoms with Crippen molar-refractivity contribution in [1.82, 2.24) is 15.4 Å². The number of carbonyl (C=O) groups excluding carboxylic acids is 2. The third-order valence-electron chi connectivity index (χ3n) is 5.60. The first kappa shape index (κ1) is 18.5. The molecule has 0 spiro atoms. The monoisotopic (exact) mass is 383 g/mol. The first-order chi connectivity index (χ1) is 13.6. The second kappa shape index (κ2) is 7.66. The maximum Gasteiger partial charge on any atom is 0.409 e. The number of rotatable bonds is 5. The lowest BCUT2D eigenvalue weighted by Gasteiger charge is -2.32. The molecule has 28 heavy (non-hydrogen) atoms. The standard InChI is InChI=1S/C21H25N3O4/c1-2-27-20(26)24-12-8-16(9-13-24)22-19(25)21(10-11-21)18-14-17(28-23-18)15-6-4-3-5-7-15/h3-7,14,16H,2,8-13H2,1H3,(H,22,25). The van der Waals surface area contributed by atoms with Crippen LogP contribution in [0.1, 0.15) is 38.3 Å². The van der Waals surface area contributed by atoms with E-state index in [1.165, 1.54) is 0 Å². The summed E-state index contributed by atoms with van der Waals surface area (Å²) in [5.41, 5.74) is 1.08. The van der Waals surface area contributed by atoms with Crippen molar-refractivity contribution in [2.75, 3.05) is 19.7 Å². The van der Waals surface area contributed by atoms with Gasteiger partial charge in [0, 0.05) is 30.8 Å². The van der Waals surface area contributed by atoms with E-state index in [9.17, 15) is 9.59 Å². The minimum atomic E-state index is -0.575. The van der Waals surface area contributed by atoms with E-state index in [2.05, 4.69) is 10.5 Å². The van der Waals surface area contributed by atoms with Crippen LogP contribution in [0.2, 0.25) is 0 Å². The van der Waals surface area contributed by atoms with E-state index in [4.69, 9.17) is 9.26 Å². The lowest BCUT2D eigenvalue weighted by molar-refractivity contribution is -0.124. The molecular weight excluding hydrogens is 358 g/mol. The van der Waals surface area contributed by atoms with Gasteiger partial charge in [0.15, 0.2) is 5.76 Å². The SMILES string of the molecule is CCOC(=O)N1CCC(NC(=O)C2(c3cc(-c4ccccc4)on3)CC2)CC1. The number of benzene rings is 1. The molecule has 1 aromatic carbocycles. The lowest BCUT2D eigenvalue weighted by Crippen LogP contribution is -2.49. The van der Waals surface area contributed by atoms with Crippen LogP contribution in [0.15, 0.2) is 40.9 Å². The van der Waals surface area contributed by atoms with Crippen molar-refractivity contribution in [2.45, 2.75) is 44.1 Å². The fourth-order valence-corrected chi connectivity index (χ4v) is 3.71. The summed E-state index contributed by atoms with van der Waals surface area (Å²) in [6.07, 6.45) is 2.74. The van der Waals surface area contributed by atoms with Crippen LogP contribution in [0, 0.1) is 0 Å². The maximum atomic E-state index is 13.0. The van der Waals surface area contributed by atoms with E-state index in [1.54, 1.807) is 11.8 Å². The van der Waals surface area contributed by atoms with Crippen molar-refractivity contribution in [1.29, 1.82) is 0 Å². The normalized spacial score (nSPS) is 18.5. The van der Waals surface area contributed by atoms with E-state index in [0.717, 1.165) is 31.2 Å². The van der Waals surface area contributed by atoms with Crippen LogP contribution in [0.5, 0.6) is 0 Å². The molecule has 1 N–H and O–H groups in total. The van der Waals surface area contributed by atoms with Crippen molar-refractivity contribution in [3.05, 3.63) is 42.1 Å². The molecule has 1 aliphatic heterocycles. The largest absolute Gasteiger partial charge is 0.450 e. The van der Waals surface area contributed by atoms with Gasteiger partial charge >= 0.3 is 6.09 Å². The van der Waals surface area contributed by atoms with Crippen molar-refractivity contribution in [3.63, 3.8) is 0 Å². The molecule has 2 heterocycles. The topological polar surface area (TPSA) is 84.7 Å². The van der Waals surface area contributed by atoms with Gasteiger partial charge in [0.2, 0.25) is 5.91 Å². The zero-order valence-electron chi connectivity index (χ0n) is 16.0. The Kier molecular flexibility index (Phi) is 5.07. The van der Waals surface area contributed by atoms with Crippen molar-refractivity contribution >= 4 is 12.0 Å². The molecule has 1 aliphatic carbocycles. The second-order valence-electron chi connectivity index (χ2n) is 7.46. The smallest absolute Gasteiger partial charge is 0.409 e. The van der Waals surface area contributed by atoms with Crippen molar-refractivity contribution < 1.29 is 18.8 Å². The molecule has 2 amide bonds. The molecule has 0 bridgehead atoms. The number of hydrogen-bond donors (Lipinski definition) is 1. The first-order valence-corrected chi connectivity index (χ1v) is 9.87. The molecule has 2 aliphatic rings. The number of likely N-dealkylation sites (tertiary alicyclic amines) is 1. The highest BCUT2D eigenvalue weighted by Gasteiger charge is 2.54. The summed E-state index contributed by atoms with van der Waals surface area (Å²) in [5, 5.41) is 7.35. The molecule has 0 atom stereocenters. The molecule has 0 unspecified atom stereocenters. The molecule has 1 saturated heterocycles. The number of aromatic nitrogens is 1. The van der Waals surface area contributed by atoms with Gasteiger partial charge in [-0.3, -0.25) is 4.79 Å². The summed E-state index contributed by atoms with van der Waals surface area (Å²) < 4.78 is 10.5. The predicted octanol–water partition coefficient (Wildman–Crippen LogP) is 3.11. The number of ether oxygens (including phenoxy) is 1. The molecule has 2 fully saturated rings. The molecule has 0 radical (unpaired) electrons. The average molecular weight is 383 g/mol. The van der Waals surface area contributed by atoms with Crippen LogP contribution in [0.4, 0.5) is 4.79 Å². The summed E-state index contributed by atoms with van der Waals surface area (Å²) in [5.74, 6) is 0.687. The molecule has 7 nitrogen and oxygen atoms in total. The molecule has 7 heteroatoms. The number of piperidine rings is 1. The van der Waals surface area contributed by atoms with Gasteiger partial charge in [-0.1, -0.05) is 35.5 Å².